The molecule has 0 saturated heterocycles. The lowest BCUT2D eigenvalue weighted by Gasteiger charge is -2.25. The highest BCUT2D eigenvalue weighted by Crippen LogP contribution is 2.31. The molecule has 1 aliphatic heterocycles. The van der Waals surface area contributed by atoms with E-state index in [1.807, 2.05) is 0 Å². The van der Waals surface area contributed by atoms with Crippen molar-refractivity contribution < 1.29 is 14.3 Å². The number of rotatable bonds is 1. The van der Waals surface area contributed by atoms with Crippen LogP contribution in [0.2, 0.25) is 5.02 Å². The zero-order valence-corrected chi connectivity index (χ0v) is 10.1. The number of nitrogens with one attached hydrogen (secondary N) is 1. The van der Waals surface area contributed by atoms with Gasteiger partial charge in [-0.25, -0.2) is 4.79 Å². The fraction of sp³-hybridized carbons (Fsp3) is 0.300. The lowest BCUT2D eigenvalue weighted by atomic mass is 10.2. The first-order valence-electron chi connectivity index (χ1n) is 4.48. The van der Waals surface area contributed by atoms with E-state index < -0.39 is 6.10 Å². The minimum Gasteiger partial charge on any atom is -0.475 e. The lowest BCUT2D eigenvalue weighted by molar-refractivity contribution is -0.148. The van der Waals surface area contributed by atoms with Crippen LogP contribution in [-0.4, -0.2) is 25.7 Å². The minimum atomic E-state index is -0.594. The molecule has 0 aliphatic carbocycles. The van der Waals surface area contributed by atoms with Crippen LogP contribution in [0.15, 0.2) is 18.2 Å². The van der Waals surface area contributed by atoms with E-state index >= 15 is 0 Å². The monoisotopic (exact) mass is 263 g/mol. The number of carbonyl (C=O) groups excluding carboxylic acids is 1. The normalized spacial score (nSPS) is 17.2. The van der Waals surface area contributed by atoms with E-state index in [0.717, 1.165) is 5.69 Å². The Bertz CT molecular complexity index is 398. The topological polar surface area (TPSA) is 47.6 Å². The fourth-order valence-electron chi connectivity index (χ4n) is 1.40. The number of anilines is 1. The molecule has 16 heavy (non-hydrogen) atoms. The summed E-state index contributed by atoms with van der Waals surface area (Å²) < 4.78 is 10.0. The Kier molecular flexibility index (Phi) is 4.26. The number of methoxy groups -OCH3 is 1. The first-order valence-corrected chi connectivity index (χ1v) is 4.86. The molecule has 0 fully saturated rings. The van der Waals surface area contributed by atoms with Gasteiger partial charge in [0.15, 0.2) is 0 Å². The second kappa shape index (κ2) is 5.27. The Morgan fingerprint density at radius 3 is 3.06 bits per heavy atom. The molecule has 0 saturated carbocycles. The second-order valence-corrected chi connectivity index (χ2v) is 3.59. The predicted molar refractivity (Wildman–Crippen MR) is 63.6 cm³/mol. The molecule has 0 spiro atoms. The van der Waals surface area contributed by atoms with Gasteiger partial charge in [-0.3, -0.25) is 0 Å². The molecule has 1 aromatic rings. The summed E-state index contributed by atoms with van der Waals surface area (Å²) in [4.78, 5) is 11.2. The van der Waals surface area contributed by atoms with Crippen LogP contribution >= 0.6 is 24.0 Å². The van der Waals surface area contributed by atoms with E-state index in [-0.39, 0.29) is 18.4 Å². The zero-order chi connectivity index (χ0) is 10.8. The number of fused-ring (bicyclic) bond motifs is 1. The van der Waals surface area contributed by atoms with Gasteiger partial charge in [0.1, 0.15) is 5.75 Å². The fourth-order valence-corrected chi connectivity index (χ4v) is 1.58. The number of carbonyl (C=O) groups is 1. The highest BCUT2D eigenvalue weighted by Gasteiger charge is 2.26. The molecule has 88 valence electrons. The van der Waals surface area contributed by atoms with Gasteiger partial charge in [0, 0.05) is 5.02 Å². The van der Waals surface area contributed by atoms with Gasteiger partial charge in [-0.1, -0.05) is 11.6 Å². The zero-order valence-electron chi connectivity index (χ0n) is 8.53. The molecule has 1 atom stereocenters. The molecule has 0 radical (unpaired) electrons. The van der Waals surface area contributed by atoms with Crippen LogP contribution in [0, 0.1) is 0 Å². The van der Waals surface area contributed by atoms with Crippen molar-refractivity contribution in [3.05, 3.63) is 23.2 Å². The van der Waals surface area contributed by atoms with Gasteiger partial charge in [0.05, 0.1) is 19.3 Å². The van der Waals surface area contributed by atoms with Gasteiger partial charge in [-0.05, 0) is 18.2 Å². The Morgan fingerprint density at radius 2 is 2.38 bits per heavy atom. The van der Waals surface area contributed by atoms with E-state index in [9.17, 15) is 4.79 Å². The molecule has 1 aliphatic rings. The molecule has 2 rings (SSSR count). The quantitative estimate of drug-likeness (QED) is 0.789. The Labute approximate surface area is 104 Å². The molecule has 1 N–H and O–H groups in total. The second-order valence-electron chi connectivity index (χ2n) is 3.15. The molecular weight excluding hydrogens is 253 g/mol. The number of ether oxygens (including phenoxy) is 2. The number of halogens is 2. The Hall–Kier alpha value is -1.13. The smallest absolute Gasteiger partial charge is 0.348 e. The largest absolute Gasteiger partial charge is 0.475 e. The van der Waals surface area contributed by atoms with Gasteiger partial charge in [-0.15, -0.1) is 12.4 Å². The summed E-state index contributed by atoms with van der Waals surface area (Å²) in [7, 11) is 1.34. The van der Waals surface area contributed by atoms with Gasteiger partial charge < -0.3 is 14.8 Å². The van der Waals surface area contributed by atoms with Crippen LogP contribution in [0.1, 0.15) is 0 Å². The van der Waals surface area contributed by atoms with Gasteiger partial charge >= 0.3 is 5.97 Å². The van der Waals surface area contributed by atoms with Crippen LogP contribution in [0.25, 0.3) is 0 Å². The number of hydrogen-bond acceptors (Lipinski definition) is 4. The number of benzene rings is 1. The first kappa shape index (κ1) is 12.9. The maximum absolute atomic E-state index is 11.2. The van der Waals surface area contributed by atoms with Crippen molar-refractivity contribution in [3.63, 3.8) is 0 Å². The van der Waals surface area contributed by atoms with Crippen LogP contribution in [-0.2, 0) is 9.53 Å². The van der Waals surface area contributed by atoms with Crippen LogP contribution in [0.3, 0.4) is 0 Å². The average Bonchev–Trinajstić information content (AvgIpc) is 2.27. The van der Waals surface area contributed by atoms with Crippen LogP contribution in [0.5, 0.6) is 5.75 Å². The van der Waals surface area contributed by atoms with Crippen molar-refractivity contribution in [2.45, 2.75) is 6.10 Å². The lowest BCUT2D eigenvalue weighted by Crippen LogP contribution is -2.38. The summed E-state index contributed by atoms with van der Waals surface area (Å²) in [5, 5.41) is 3.68. The van der Waals surface area contributed by atoms with Crippen LogP contribution < -0.4 is 10.1 Å². The maximum atomic E-state index is 11.2. The standard InChI is InChI=1S/C10H10ClNO3.ClH/c1-14-10(13)9-5-12-7-4-6(11)2-3-8(7)15-9;/h2-4,9,12H,5H2,1H3;1H. The molecular formula is C10H11Cl2NO3. The number of esters is 1. The van der Waals surface area contributed by atoms with Crippen molar-refractivity contribution in [1.82, 2.24) is 0 Å². The molecule has 0 amide bonds. The summed E-state index contributed by atoms with van der Waals surface area (Å²) in [5.74, 6) is 0.226. The number of hydrogen-bond donors (Lipinski definition) is 1. The van der Waals surface area contributed by atoms with Crippen LogP contribution in [0.4, 0.5) is 5.69 Å². The average molecular weight is 264 g/mol. The molecule has 1 unspecified atom stereocenters. The molecule has 0 aromatic heterocycles. The third kappa shape index (κ3) is 2.51. The van der Waals surface area contributed by atoms with E-state index in [2.05, 4.69) is 10.1 Å². The first-order chi connectivity index (χ1) is 7.20. The van der Waals surface area contributed by atoms with E-state index in [4.69, 9.17) is 16.3 Å². The van der Waals surface area contributed by atoms with E-state index in [1.54, 1.807) is 18.2 Å². The third-order valence-electron chi connectivity index (χ3n) is 2.15. The molecule has 6 heteroatoms. The summed E-state index contributed by atoms with van der Waals surface area (Å²) in [6.45, 7) is 0.389. The molecule has 4 nitrogen and oxygen atoms in total. The SMILES string of the molecule is COC(=O)C1CNc2cc(Cl)ccc2O1.Cl. The van der Waals surface area contributed by atoms with Crippen molar-refractivity contribution in [2.75, 3.05) is 19.0 Å². The summed E-state index contributed by atoms with van der Waals surface area (Å²) in [6, 6.07) is 5.19. The summed E-state index contributed by atoms with van der Waals surface area (Å²) in [5.41, 5.74) is 0.794. The highest BCUT2D eigenvalue weighted by atomic mass is 35.5. The van der Waals surface area contributed by atoms with Crippen molar-refractivity contribution in [2.24, 2.45) is 0 Å². The van der Waals surface area contributed by atoms with E-state index in [1.165, 1.54) is 7.11 Å². The Balaban J connectivity index is 0.00000128. The third-order valence-corrected chi connectivity index (χ3v) is 2.39. The molecule has 0 bridgehead atoms. The van der Waals surface area contributed by atoms with Crippen molar-refractivity contribution >= 4 is 35.7 Å². The summed E-state index contributed by atoms with van der Waals surface area (Å²) >= 11 is 5.82. The Morgan fingerprint density at radius 1 is 1.62 bits per heavy atom. The minimum absolute atomic E-state index is 0. The highest BCUT2D eigenvalue weighted by molar-refractivity contribution is 6.30. The van der Waals surface area contributed by atoms with Crippen molar-refractivity contribution in [1.29, 1.82) is 0 Å². The van der Waals surface area contributed by atoms with E-state index in [0.29, 0.717) is 17.3 Å². The van der Waals surface area contributed by atoms with Gasteiger partial charge in [0.25, 0.3) is 0 Å². The summed E-state index contributed by atoms with van der Waals surface area (Å²) in [6.07, 6.45) is -0.594. The molecule has 1 heterocycles. The predicted octanol–water partition coefficient (Wildman–Crippen LogP) is 2.11. The van der Waals surface area contributed by atoms with Crippen molar-refractivity contribution in [3.8, 4) is 5.75 Å². The van der Waals surface area contributed by atoms with Gasteiger partial charge in [0.2, 0.25) is 6.10 Å². The maximum Gasteiger partial charge on any atom is 0.348 e. The molecule has 1 aromatic carbocycles. The van der Waals surface area contributed by atoms with Gasteiger partial charge in [-0.2, -0.15) is 0 Å².